The zero-order valence-corrected chi connectivity index (χ0v) is 12.6. The Hall–Kier alpha value is -0.720. The van der Waals surface area contributed by atoms with Gasteiger partial charge in [-0.2, -0.15) is 16.1 Å². The zero-order valence-electron chi connectivity index (χ0n) is 11.0. The van der Waals surface area contributed by atoms with Gasteiger partial charge >= 0.3 is 0 Å². The molecule has 1 aromatic carbocycles. The number of anilines is 1. The van der Waals surface area contributed by atoms with E-state index in [1.807, 2.05) is 13.2 Å². The third kappa shape index (κ3) is 3.63. The molecule has 0 radical (unpaired) electrons. The molecule has 0 saturated carbocycles. The van der Waals surface area contributed by atoms with E-state index in [-0.39, 0.29) is 10.9 Å². The van der Waals surface area contributed by atoms with Crippen LogP contribution in [0.2, 0.25) is 0 Å². The number of hydrogen-bond donors (Lipinski definition) is 1. The van der Waals surface area contributed by atoms with Crippen LogP contribution in [0.4, 0.5) is 5.69 Å². The van der Waals surface area contributed by atoms with Crippen LogP contribution in [0, 0.1) is 0 Å². The topological polar surface area (TPSA) is 63.4 Å². The molecule has 1 aromatic rings. The molecule has 0 spiro atoms. The highest BCUT2D eigenvalue weighted by Crippen LogP contribution is 2.20. The summed E-state index contributed by atoms with van der Waals surface area (Å²) in [6, 6.07) is 6.37. The van der Waals surface area contributed by atoms with Crippen LogP contribution >= 0.6 is 11.8 Å². The number of sulfonamides is 1. The van der Waals surface area contributed by atoms with Crippen molar-refractivity contribution in [1.29, 1.82) is 0 Å². The van der Waals surface area contributed by atoms with Gasteiger partial charge in [-0.1, -0.05) is 6.07 Å². The van der Waals surface area contributed by atoms with Crippen LogP contribution in [0.5, 0.6) is 0 Å². The van der Waals surface area contributed by atoms with E-state index in [1.165, 1.54) is 10.4 Å². The minimum Gasteiger partial charge on any atom is -0.399 e. The summed E-state index contributed by atoms with van der Waals surface area (Å²) in [4.78, 5) is 0.251. The highest BCUT2D eigenvalue weighted by Gasteiger charge is 2.24. The molecule has 1 atom stereocenters. The van der Waals surface area contributed by atoms with Crippen molar-refractivity contribution in [1.82, 2.24) is 4.31 Å². The lowest BCUT2D eigenvalue weighted by Crippen LogP contribution is -2.35. The van der Waals surface area contributed by atoms with Gasteiger partial charge in [0.15, 0.2) is 0 Å². The monoisotopic (exact) mass is 288 g/mol. The molecular weight excluding hydrogens is 268 g/mol. The lowest BCUT2D eigenvalue weighted by Gasteiger charge is -2.24. The number of nitrogens with zero attached hydrogens (tertiary/aromatic N) is 1. The Balaban J connectivity index is 2.92. The number of nitrogens with two attached hydrogens (primary N) is 1. The predicted molar refractivity (Wildman–Crippen MR) is 78.3 cm³/mol. The Morgan fingerprint density at radius 1 is 1.44 bits per heavy atom. The maximum absolute atomic E-state index is 12.4. The van der Waals surface area contributed by atoms with Gasteiger partial charge in [0.25, 0.3) is 0 Å². The van der Waals surface area contributed by atoms with Crippen LogP contribution < -0.4 is 5.73 Å². The lowest BCUT2D eigenvalue weighted by molar-refractivity contribution is 0.382. The summed E-state index contributed by atoms with van der Waals surface area (Å²) in [5, 5.41) is 0. The van der Waals surface area contributed by atoms with Gasteiger partial charge < -0.3 is 5.73 Å². The van der Waals surface area contributed by atoms with Gasteiger partial charge in [0, 0.05) is 18.8 Å². The van der Waals surface area contributed by atoms with Crippen LogP contribution in [0.15, 0.2) is 29.2 Å². The van der Waals surface area contributed by atoms with E-state index in [0.717, 1.165) is 12.2 Å². The minimum atomic E-state index is -3.45. The summed E-state index contributed by atoms with van der Waals surface area (Å²) in [7, 11) is -1.83. The number of nitrogen functional groups attached to an aromatic ring is 1. The van der Waals surface area contributed by atoms with E-state index in [0.29, 0.717) is 5.69 Å². The van der Waals surface area contributed by atoms with Gasteiger partial charge in [-0.25, -0.2) is 8.42 Å². The molecule has 1 rings (SSSR count). The van der Waals surface area contributed by atoms with E-state index < -0.39 is 10.0 Å². The van der Waals surface area contributed by atoms with E-state index >= 15 is 0 Å². The second-order valence-electron chi connectivity index (χ2n) is 4.22. The summed E-state index contributed by atoms with van der Waals surface area (Å²) in [6.07, 6.45) is 2.85. The Labute approximate surface area is 114 Å². The van der Waals surface area contributed by atoms with Crippen LogP contribution in [0.25, 0.3) is 0 Å². The molecule has 6 heteroatoms. The largest absolute Gasteiger partial charge is 0.399 e. The molecular formula is C12H20N2O2S2. The van der Waals surface area contributed by atoms with Crippen LogP contribution in [0.3, 0.4) is 0 Å². The first-order valence-corrected chi connectivity index (χ1v) is 8.55. The molecule has 0 bridgehead atoms. The van der Waals surface area contributed by atoms with Crippen molar-refractivity contribution in [2.75, 3.05) is 24.8 Å². The van der Waals surface area contributed by atoms with Crippen LogP contribution in [-0.4, -0.2) is 37.8 Å². The van der Waals surface area contributed by atoms with Crippen molar-refractivity contribution in [3.05, 3.63) is 24.3 Å². The molecule has 2 N–H and O–H groups in total. The van der Waals surface area contributed by atoms with Crippen molar-refractivity contribution in [2.24, 2.45) is 0 Å². The normalized spacial score (nSPS) is 13.8. The molecule has 0 heterocycles. The quantitative estimate of drug-likeness (QED) is 0.814. The van der Waals surface area contributed by atoms with Crippen molar-refractivity contribution in [3.63, 3.8) is 0 Å². The number of hydrogen-bond acceptors (Lipinski definition) is 4. The van der Waals surface area contributed by atoms with Crippen molar-refractivity contribution < 1.29 is 8.42 Å². The van der Waals surface area contributed by atoms with Gasteiger partial charge in [0.2, 0.25) is 10.0 Å². The molecule has 18 heavy (non-hydrogen) atoms. The Bertz CT molecular complexity index is 489. The molecule has 0 amide bonds. The summed E-state index contributed by atoms with van der Waals surface area (Å²) in [6.45, 7) is 1.92. The van der Waals surface area contributed by atoms with Crippen molar-refractivity contribution in [3.8, 4) is 0 Å². The summed E-state index contributed by atoms with van der Waals surface area (Å²) >= 11 is 1.71. The molecule has 102 valence electrons. The lowest BCUT2D eigenvalue weighted by atomic mass is 10.3. The fourth-order valence-corrected chi connectivity index (χ4v) is 3.57. The molecule has 4 nitrogen and oxygen atoms in total. The average Bonchev–Trinajstić information content (AvgIpc) is 2.34. The predicted octanol–water partition coefficient (Wildman–Crippen LogP) is 2.03. The third-order valence-corrected chi connectivity index (χ3v) is 5.51. The van der Waals surface area contributed by atoms with E-state index in [2.05, 4.69) is 0 Å². The van der Waals surface area contributed by atoms with Gasteiger partial charge in [-0.15, -0.1) is 0 Å². The van der Waals surface area contributed by atoms with Gasteiger partial charge in [0.05, 0.1) is 4.90 Å². The maximum atomic E-state index is 12.4. The first-order valence-electron chi connectivity index (χ1n) is 5.72. The first-order chi connectivity index (χ1) is 8.39. The fraction of sp³-hybridized carbons (Fsp3) is 0.500. The second kappa shape index (κ2) is 6.45. The molecule has 1 unspecified atom stereocenters. The SMILES string of the molecule is CSCCC(C)N(C)S(=O)(=O)c1cccc(N)c1. The smallest absolute Gasteiger partial charge is 0.243 e. The van der Waals surface area contributed by atoms with E-state index in [1.54, 1.807) is 37.0 Å². The Morgan fingerprint density at radius 3 is 2.67 bits per heavy atom. The minimum absolute atomic E-state index is 0.0242. The van der Waals surface area contributed by atoms with Gasteiger partial charge in [0.1, 0.15) is 0 Å². The summed E-state index contributed by atoms with van der Waals surface area (Å²) < 4.78 is 26.1. The summed E-state index contributed by atoms with van der Waals surface area (Å²) in [5.74, 6) is 0.942. The van der Waals surface area contributed by atoms with Gasteiger partial charge in [-0.3, -0.25) is 0 Å². The molecule has 0 fully saturated rings. The third-order valence-electron chi connectivity index (χ3n) is 2.90. The van der Waals surface area contributed by atoms with Crippen LogP contribution in [-0.2, 0) is 10.0 Å². The number of thioether (sulfide) groups is 1. The zero-order chi connectivity index (χ0) is 13.8. The highest BCUT2D eigenvalue weighted by atomic mass is 32.2. The first kappa shape index (κ1) is 15.3. The molecule has 0 aliphatic rings. The van der Waals surface area contributed by atoms with Crippen LogP contribution in [0.1, 0.15) is 13.3 Å². The second-order valence-corrected chi connectivity index (χ2v) is 7.21. The standard InChI is InChI=1S/C12H20N2O2S2/c1-10(7-8-17-3)14(2)18(15,16)12-6-4-5-11(13)9-12/h4-6,9-10H,7-8,13H2,1-3H3. The Kier molecular flexibility index (Phi) is 5.49. The highest BCUT2D eigenvalue weighted by molar-refractivity contribution is 7.98. The van der Waals surface area contributed by atoms with Crippen molar-refractivity contribution >= 4 is 27.5 Å². The maximum Gasteiger partial charge on any atom is 0.243 e. The number of rotatable bonds is 6. The van der Waals surface area contributed by atoms with E-state index in [4.69, 9.17) is 5.73 Å². The molecule has 0 saturated heterocycles. The summed E-state index contributed by atoms with van der Waals surface area (Å²) in [5.41, 5.74) is 6.08. The van der Waals surface area contributed by atoms with Crippen molar-refractivity contribution in [2.45, 2.75) is 24.3 Å². The molecule has 0 aliphatic carbocycles. The fourth-order valence-electron chi connectivity index (χ4n) is 1.55. The van der Waals surface area contributed by atoms with Gasteiger partial charge in [-0.05, 0) is 43.6 Å². The Morgan fingerprint density at radius 2 is 2.11 bits per heavy atom. The molecule has 0 aromatic heterocycles. The van der Waals surface area contributed by atoms with E-state index in [9.17, 15) is 8.42 Å². The molecule has 0 aliphatic heterocycles. The average molecular weight is 288 g/mol. The number of benzene rings is 1.